The second kappa shape index (κ2) is 5.88. The van der Waals surface area contributed by atoms with Gasteiger partial charge >= 0.3 is 0 Å². The number of hydrogen-bond donors (Lipinski definition) is 2. The van der Waals surface area contributed by atoms with Gasteiger partial charge in [0, 0.05) is 31.9 Å². The SMILES string of the molecule is Cc1cccc(Nc2cnc(N3CCNCC3)cn2)c1. The summed E-state index contributed by atoms with van der Waals surface area (Å²) in [6.07, 6.45) is 3.63. The first-order valence-corrected chi connectivity index (χ1v) is 6.93. The van der Waals surface area contributed by atoms with Crippen LogP contribution >= 0.6 is 0 Å². The van der Waals surface area contributed by atoms with Crippen LogP contribution in [0.2, 0.25) is 0 Å². The molecule has 5 nitrogen and oxygen atoms in total. The Balaban J connectivity index is 1.69. The summed E-state index contributed by atoms with van der Waals surface area (Å²) < 4.78 is 0. The molecule has 0 unspecified atom stereocenters. The summed E-state index contributed by atoms with van der Waals surface area (Å²) in [5.41, 5.74) is 2.26. The van der Waals surface area contributed by atoms with Gasteiger partial charge in [0.1, 0.15) is 11.6 Å². The Kier molecular flexibility index (Phi) is 3.78. The summed E-state index contributed by atoms with van der Waals surface area (Å²) in [5.74, 6) is 1.72. The fourth-order valence-electron chi connectivity index (χ4n) is 2.31. The van der Waals surface area contributed by atoms with Crippen molar-refractivity contribution in [1.82, 2.24) is 15.3 Å². The van der Waals surface area contributed by atoms with Crippen LogP contribution in [-0.4, -0.2) is 36.1 Å². The van der Waals surface area contributed by atoms with Crippen molar-refractivity contribution in [3.63, 3.8) is 0 Å². The number of nitrogens with one attached hydrogen (secondary N) is 2. The van der Waals surface area contributed by atoms with Gasteiger partial charge in [-0.2, -0.15) is 0 Å². The van der Waals surface area contributed by atoms with Crippen LogP contribution in [0, 0.1) is 6.92 Å². The van der Waals surface area contributed by atoms with Gasteiger partial charge < -0.3 is 15.5 Å². The van der Waals surface area contributed by atoms with Crippen LogP contribution in [0.5, 0.6) is 0 Å². The van der Waals surface area contributed by atoms with Crippen molar-refractivity contribution in [2.24, 2.45) is 0 Å². The third-order valence-electron chi connectivity index (χ3n) is 3.37. The number of benzene rings is 1. The zero-order chi connectivity index (χ0) is 13.8. The Bertz CT molecular complexity index is 561. The molecule has 0 aliphatic carbocycles. The number of rotatable bonds is 3. The zero-order valence-electron chi connectivity index (χ0n) is 11.6. The van der Waals surface area contributed by atoms with Gasteiger partial charge in [-0.25, -0.2) is 9.97 Å². The van der Waals surface area contributed by atoms with E-state index in [2.05, 4.69) is 44.6 Å². The summed E-state index contributed by atoms with van der Waals surface area (Å²) in [4.78, 5) is 11.2. The molecule has 1 saturated heterocycles. The normalized spacial score (nSPS) is 15.2. The lowest BCUT2D eigenvalue weighted by atomic mass is 10.2. The zero-order valence-corrected chi connectivity index (χ0v) is 11.6. The number of piperazine rings is 1. The van der Waals surface area contributed by atoms with Gasteiger partial charge in [0.2, 0.25) is 0 Å². The van der Waals surface area contributed by atoms with E-state index >= 15 is 0 Å². The van der Waals surface area contributed by atoms with Gasteiger partial charge in [-0.15, -0.1) is 0 Å². The Morgan fingerprint density at radius 1 is 1.15 bits per heavy atom. The molecule has 1 aromatic carbocycles. The highest BCUT2D eigenvalue weighted by atomic mass is 15.2. The van der Waals surface area contributed by atoms with Crippen molar-refractivity contribution in [2.75, 3.05) is 36.4 Å². The molecular weight excluding hydrogens is 250 g/mol. The third-order valence-corrected chi connectivity index (χ3v) is 3.37. The molecule has 0 radical (unpaired) electrons. The van der Waals surface area contributed by atoms with E-state index in [1.165, 1.54) is 5.56 Å². The largest absolute Gasteiger partial charge is 0.353 e. The molecule has 3 rings (SSSR count). The third kappa shape index (κ3) is 3.05. The van der Waals surface area contributed by atoms with E-state index in [4.69, 9.17) is 0 Å². The van der Waals surface area contributed by atoms with Crippen LogP contribution in [0.4, 0.5) is 17.3 Å². The number of anilines is 3. The van der Waals surface area contributed by atoms with Crippen LogP contribution in [0.3, 0.4) is 0 Å². The maximum absolute atomic E-state index is 4.49. The van der Waals surface area contributed by atoms with Crippen LogP contribution in [0.15, 0.2) is 36.7 Å². The van der Waals surface area contributed by atoms with Crippen LogP contribution in [0.25, 0.3) is 0 Å². The van der Waals surface area contributed by atoms with Crippen molar-refractivity contribution in [2.45, 2.75) is 6.92 Å². The molecule has 20 heavy (non-hydrogen) atoms. The van der Waals surface area contributed by atoms with E-state index in [0.29, 0.717) is 0 Å². The molecule has 104 valence electrons. The summed E-state index contributed by atoms with van der Waals surface area (Å²) >= 11 is 0. The number of aryl methyl sites for hydroxylation is 1. The first-order valence-electron chi connectivity index (χ1n) is 6.93. The molecule has 2 heterocycles. The molecule has 0 atom stereocenters. The van der Waals surface area contributed by atoms with Crippen molar-refractivity contribution < 1.29 is 0 Å². The molecule has 2 N–H and O–H groups in total. The average molecular weight is 269 g/mol. The predicted octanol–water partition coefficient (Wildman–Crippen LogP) is 1.94. The Morgan fingerprint density at radius 3 is 2.70 bits per heavy atom. The minimum absolute atomic E-state index is 0.773. The second-order valence-electron chi connectivity index (χ2n) is 4.99. The average Bonchev–Trinajstić information content (AvgIpc) is 2.49. The molecule has 1 aromatic heterocycles. The van der Waals surface area contributed by atoms with Crippen LogP contribution < -0.4 is 15.5 Å². The monoisotopic (exact) mass is 269 g/mol. The van der Waals surface area contributed by atoms with Crippen LogP contribution in [0.1, 0.15) is 5.56 Å². The van der Waals surface area contributed by atoms with Crippen molar-refractivity contribution in [3.8, 4) is 0 Å². The van der Waals surface area contributed by atoms with Crippen LogP contribution in [-0.2, 0) is 0 Å². The van der Waals surface area contributed by atoms with Crippen molar-refractivity contribution in [3.05, 3.63) is 42.2 Å². The van der Waals surface area contributed by atoms with Crippen molar-refractivity contribution >= 4 is 17.3 Å². The smallest absolute Gasteiger partial charge is 0.149 e. The Labute approximate surface area is 119 Å². The molecule has 0 bridgehead atoms. The number of hydrogen-bond acceptors (Lipinski definition) is 5. The quantitative estimate of drug-likeness (QED) is 0.892. The molecule has 2 aromatic rings. The predicted molar refractivity (Wildman–Crippen MR) is 81.6 cm³/mol. The summed E-state index contributed by atoms with van der Waals surface area (Å²) in [5, 5.41) is 6.60. The van der Waals surface area contributed by atoms with Gasteiger partial charge in [0.25, 0.3) is 0 Å². The lowest BCUT2D eigenvalue weighted by Gasteiger charge is -2.28. The maximum Gasteiger partial charge on any atom is 0.149 e. The maximum atomic E-state index is 4.49. The standard InChI is InChI=1S/C15H19N5/c1-12-3-2-4-13(9-12)19-14-10-18-15(11-17-14)20-7-5-16-6-8-20/h2-4,9-11,16H,5-8H2,1H3,(H,17,19). The molecule has 0 spiro atoms. The van der Waals surface area contributed by atoms with E-state index in [0.717, 1.165) is 43.5 Å². The van der Waals surface area contributed by atoms with Gasteiger partial charge in [-0.1, -0.05) is 12.1 Å². The van der Waals surface area contributed by atoms with Gasteiger partial charge in [-0.3, -0.25) is 0 Å². The highest BCUT2D eigenvalue weighted by Gasteiger charge is 2.11. The second-order valence-corrected chi connectivity index (χ2v) is 4.99. The lowest BCUT2D eigenvalue weighted by molar-refractivity contribution is 0.584. The van der Waals surface area contributed by atoms with E-state index in [-0.39, 0.29) is 0 Å². The van der Waals surface area contributed by atoms with Crippen molar-refractivity contribution in [1.29, 1.82) is 0 Å². The Morgan fingerprint density at radius 2 is 2.00 bits per heavy atom. The number of nitrogens with zero attached hydrogens (tertiary/aromatic N) is 3. The Hall–Kier alpha value is -2.14. The highest BCUT2D eigenvalue weighted by Crippen LogP contribution is 2.17. The molecule has 1 fully saturated rings. The van der Waals surface area contributed by atoms with E-state index in [1.54, 1.807) is 6.20 Å². The molecule has 0 amide bonds. The minimum Gasteiger partial charge on any atom is -0.353 e. The minimum atomic E-state index is 0.773. The van der Waals surface area contributed by atoms with Gasteiger partial charge in [-0.05, 0) is 24.6 Å². The summed E-state index contributed by atoms with van der Waals surface area (Å²) in [6, 6.07) is 8.22. The summed E-state index contributed by atoms with van der Waals surface area (Å²) in [7, 11) is 0. The van der Waals surface area contributed by atoms with E-state index in [1.807, 2.05) is 18.3 Å². The number of aromatic nitrogens is 2. The van der Waals surface area contributed by atoms with Gasteiger partial charge in [0.05, 0.1) is 12.4 Å². The first kappa shape index (κ1) is 12.9. The molecule has 5 heteroatoms. The van der Waals surface area contributed by atoms with Gasteiger partial charge in [0.15, 0.2) is 0 Å². The fourth-order valence-corrected chi connectivity index (χ4v) is 2.31. The highest BCUT2D eigenvalue weighted by molar-refractivity contribution is 5.57. The molecule has 1 aliphatic heterocycles. The first-order chi connectivity index (χ1) is 9.81. The van der Waals surface area contributed by atoms with E-state index < -0.39 is 0 Å². The molecule has 0 saturated carbocycles. The lowest BCUT2D eigenvalue weighted by Crippen LogP contribution is -2.43. The van der Waals surface area contributed by atoms with E-state index in [9.17, 15) is 0 Å². The molecular formula is C15H19N5. The topological polar surface area (TPSA) is 53.1 Å². The summed E-state index contributed by atoms with van der Waals surface area (Å²) in [6.45, 7) is 6.05. The fraction of sp³-hybridized carbons (Fsp3) is 0.333. The molecule has 1 aliphatic rings.